The van der Waals surface area contributed by atoms with Crippen LogP contribution in [-0.4, -0.2) is 30.6 Å². The standard InChI is InChI=1S/C6H11N2O/c1-7(2)5-8-3-4-9-6-8/h3-4,6H,5H2,1-2H3. The molecular weight excluding hydrogens is 116 g/mol. The van der Waals surface area contributed by atoms with Crippen molar-refractivity contribution in [2.75, 3.05) is 20.8 Å². The summed E-state index contributed by atoms with van der Waals surface area (Å²) in [6.45, 7) is 2.55. The van der Waals surface area contributed by atoms with Gasteiger partial charge in [-0.2, -0.15) is 0 Å². The first-order valence-electron chi connectivity index (χ1n) is 2.85. The molecule has 0 amide bonds. The summed E-state index contributed by atoms with van der Waals surface area (Å²) in [6, 6.07) is 0. The minimum atomic E-state index is 0.872. The molecule has 1 aliphatic rings. The summed E-state index contributed by atoms with van der Waals surface area (Å²) in [6.07, 6.45) is 3.55. The van der Waals surface area contributed by atoms with Crippen molar-refractivity contribution in [3.05, 3.63) is 19.2 Å². The van der Waals surface area contributed by atoms with E-state index in [1.807, 2.05) is 25.2 Å². The highest BCUT2D eigenvalue weighted by atomic mass is 16.5. The molecule has 3 nitrogen and oxygen atoms in total. The Hall–Kier alpha value is -0.700. The van der Waals surface area contributed by atoms with Crippen molar-refractivity contribution < 1.29 is 4.74 Å². The predicted octanol–water partition coefficient (Wildman–Crippen LogP) is 0.428. The van der Waals surface area contributed by atoms with E-state index in [0.29, 0.717) is 0 Å². The summed E-state index contributed by atoms with van der Waals surface area (Å²) >= 11 is 0. The van der Waals surface area contributed by atoms with E-state index in [1.165, 1.54) is 0 Å². The molecule has 0 aromatic heterocycles. The average molecular weight is 127 g/mol. The van der Waals surface area contributed by atoms with E-state index in [4.69, 9.17) is 4.74 Å². The van der Waals surface area contributed by atoms with Crippen molar-refractivity contribution >= 4 is 0 Å². The molecule has 0 N–H and O–H groups in total. The second kappa shape index (κ2) is 2.73. The molecule has 0 atom stereocenters. The molecule has 0 aliphatic carbocycles. The molecule has 1 radical (unpaired) electrons. The van der Waals surface area contributed by atoms with Gasteiger partial charge in [0, 0.05) is 6.20 Å². The Morgan fingerprint density at radius 2 is 2.33 bits per heavy atom. The van der Waals surface area contributed by atoms with Gasteiger partial charge in [-0.25, -0.2) is 0 Å². The smallest absolute Gasteiger partial charge is 0.228 e. The molecular formula is C6H11N2O. The molecule has 3 heteroatoms. The van der Waals surface area contributed by atoms with Crippen molar-refractivity contribution in [1.29, 1.82) is 0 Å². The molecule has 51 valence electrons. The maximum absolute atomic E-state index is 4.85. The Morgan fingerprint density at radius 1 is 1.56 bits per heavy atom. The van der Waals surface area contributed by atoms with Gasteiger partial charge in [0.1, 0.15) is 6.26 Å². The van der Waals surface area contributed by atoms with Gasteiger partial charge in [-0.3, -0.25) is 4.90 Å². The summed E-state index contributed by atoms with van der Waals surface area (Å²) in [5.74, 6) is 0. The summed E-state index contributed by atoms with van der Waals surface area (Å²) < 4.78 is 4.85. The van der Waals surface area contributed by atoms with Gasteiger partial charge in [-0.15, -0.1) is 0 Å². The summed E-state index contributed by atoms with van der Waals surface area (Å²) in [7, 11) is 4.03. The van der Waals surface area contributed by atoms with Crippen molar-refractivity contribution in [1.82, 2.24) is 9.80 Å². The molecule has 0 saturated carbocycles. The second-order valence-corrected chi connectivity index (χ2v) is 2.26. The van der Waals surface area contributed by atoms with E-state index >= 15 is 0 Å². The fourth-order valence-electron chi connectivity index (χ4n) is 0.669. The maximum atomic E-state index is 4.85. The Labute approximate surface area is 55.5 Å². The van der Waals surface area contributed by atoms with Crippen LogP contribution >= 0.6 is 0 Å². The van der Waals surface area contributed by atoms with E-state index in [-0.39, 0.29) is 0 Å². The van der Waals surface area contributed by atoms with Gasteiger partial charge in [-0.05, 0) is 14.1 Å². The third-order valence-electron chi connectivity index (χ3n) is 0.973. The molecule has 1 rings (SSSR count). The van der Waals surface area contributed by atoms with Crippen molar-refractivity contribution in [3.8, 4) is 0 Å². The zero-order chi connectivity index (χ0) is 6.69. The van der Waals surface area contributed by atoms with E-state index in [1.54, 1.807) is 13.0 Å². The quantitative estimate of drug-likeness (QED) is 0.535. The first-order chi connectivity index (χ1) is 4.29. The Kier molecular flexibility index (Phi) is 1.95. The normalized spacial score (nSPS) is 17.0. The van der Waals surface area contributed by atoms with Crippen LogP contribution in [0, 0.1) is 6.73 Å². The molecule has 0 saturated heterocycles. The zero-order valence-corrected chi connectivity index (χ0v) is 5.74. The highest BCUT2D eigenvalue weighted by Crippen LogP contribution is 2.04. The van der Waals surface area contributed by atoms with Crippen LogP contribution in [-0.2, 0) is 4.74 Å². The molecule has 0 aromatic carbocycles. The first-order valence-corrected chi connectivity index (χ1v) is 2.85. The van der Waals surface area contributed by atoms with Gasteiger partial charge >= 0.3 is 0 Å². The van der Waals surface area contributed by atoms with Crippen LogP contribution in [0.5, 0.6) is 0 Å². The fraction of sp³-hybridized carbons (Fsp3) is 0.500. The number of ether oxygens (including phenoxy) is 1. The highest BCUT2D eigenvalue weighted by molar-refractivity contribution is 4.84. The lowest BCUT2D eigenvalue weighted by Crippen LogP contribution is -2.25. The average Bonchev–Trinajstić information content (AvgIpc) is 2.15. The number of nitrogens with zero attached hydrogens (tertiary/aromatic N) is 2. The van der Waals surface area contributed by atoms with E-state index in [9.17, 15) is 0 Å². The second-order valence-electron chi connectivity index (χ2n) is 2.26. The van der Waals surface area contributed by atoms with Crippen LogP contribution in [0.2, 0.25) is 0 Å². The molecule has 1 aliphatic heterocycles. The van der Waals surface area contributed by atoms with Crippen molar-refractivity contribution in [2.24, 2.45) is 0 Å². The third-order valence-corrected chi connectivity index (χ3v) is 0.973. The Morgan fingerprint density at radius 3 is 2.78 bits per heavy atom. The van der Waals surface area contributed by atoms with Gasteiger partial charge in [0.15, 0.2) is 0 Å². The van der Waals surface area contributed by atoms with E-state index in [0.717, 1.165) is 6.67 Å². The SMILES string of the molecule is CN(C)CN1[CH]OC=C1. The Balaban J connectivity index is 2.20. The van der Waals surface area contributed by atoms with Crippen LogP contribution in [0.3, 0.4) is 0 Å². The number of hydrogen-bond donors (Lipinski definition) is 0. The first kappa shape index (κ1) is 6.42. The fourth-order valence-corrected chi connectivity index (χ4v) is 0.669. The van der Waals surface area contributed by atoms with Crippen molar-refractivity contribution in [2.45, 2.75) is 0 Å². The largest absolute Gasteiger partial charge is 0.470 e. The Bertz CT molecular complexity index is 112. The number of rotatable bonds is 2. The van der Waals surface area contributed by atoms with Gasteiger partial charge in [0.05, 0.1) is 6.67 Å². The number of hydrogen-bond acceptors (Lipinski definition) is 3. The summed E-state index contributed by atoms with van der Waals surface area (Å²) in [4.78, 5) is 4.02. The van der Waals surface area contributed by atoms with E-state index in [2.05, 4.69) is 4.90 Å². The van der Waals surface area contributed by atoms with Crippen LogP contribution < -0.4 is 0 Å². The molecule has 1 heterocycles. The van der Waals surface area contributed by atoms with Crippen LogP contribution in [0.4, 0.5) is 0 Å². The van der Waals surface area contributed by atoms with Gasteiger partial charge in [-0.1, -0.05) is 0 Å². The van der Waals surface area contributed by atoms with E-state index < -0.39 is 0 Å². The topological polar surface area (TPSA) is 15.7 Å². The molecule has 9 heavy (non-hydrogen) atoms. The molecule has 0 fully saturated rings. The molecule has 0 aromatic rings. The summed E-state index contributed by atoms with van der Waals surface area (Å²) in [5, 5.41) is 0. The molecule has 0 unspecified atom stereocenters. The van der Waals surface area contributed by atoms with Crippen LogP contribution in [0.15, 0.2) is 12.5 Å². The van der Waals surface area contributed by atoms with Gasteiger partial charge in [0.2, 0.25) is 6.73 Å². The lowest BCUT2D eigenvalue weighted by atomic mass is 10.7. The highest BCUT2D eigenvalue weighted by Gasteiger charge is 2.04. The maximum Gasteiger partial charge on any atom is 0.228 e. The minimum Gasteiger partial charge on any atom is -0.470 e. The predicted molar refractivity (Wildman–Crippen MR) is 34.9 cm³/mol. The van der Waals surface area contributed by atoms with Crippen LogP contribution in [0.1, 0.15) is 0 Å². The third kappa shape index (κ3) is 1.93. The monoisotopic (exact) mass is 127 g/mol. The van der Waals surface area contributed by atoms with Gasteiger partial charge in [0.25, 0.3) is 0 Å². The van der Waals surface area contributed by atoms with Gasteiger partial charge < -0.3 is 9.64 Å². The lowest BCUT2D eigenvalue weighted by Gasteiger charge is -2.17. The van der Waals surface area contributed by atoms with Crippen molar-refractivity contribution in [3.63, 3.8) is 0 Å². The molecule has 0 spiro atoms. The lowest BCUT2D eigenvalue weighted by molar-refractivity contribution is 0.198. The van der Waals surface area contributed by atoms with Crippen LogP contribution in [0.25, 0.3) is 0 Å². The molecule has 0 bridgehead atoms. The minimum absolute atomic E-state index is 0.872. The zero-order valence-electron chi connectivity index (χ0n) is 5.74. The summed E-state index contributed by atoms with van der Waals surface area (Å²) in [5.41, 5.74) is 0.